The van der Waals surface area contributed by atoms with E-state index < -0.39 is 0 Å². The van der Waals surface area contributed by atoms with E-state index in [9.17, 15) is 0 Å². The first-order valence-electron chi connectivity index (χ1n) is 3.79. The van der Waals surface area contributed by atoms with Gasteiger partial charge in [0.15, 0.2) is 0 Å². The summed E-state index contributed by atoms with van der Waals surface area (Å²) in [5.41, 5.74) is 1.51. The Kier molecular flexibility index (Phi) is 2.20. The van der Waals surface area contributed by atoms with Crippen molar-refractivity contribution in [2.75, 3.05) is 0 Å². The van der Waals surface area contributed by atoms with Gasteiger partial charge < -0.3 is 10.1 Å². The third-order valence-electron chi connectivity index (χ3n) is 1.91. The topological polar surface area (TPSA) is 36.0 Å². The van der Waals surface area contributed by atoms with Crippen LogP contribution in [0.15, 0.2) is 18.2 Å². The molecule has 0 saturated heterocycles. The van der Waals surface area contributed by atoms with Gasteiger partial charge in [-0.25, -0.2) is 0 Å². The lowest BCUT2D eigenvalue weighted by atomic mass is 10.2. The summed E-state index contributed by atoms with van der Waals surface area (Å²) in [5, 5.41) is 10.9. The molecular weight excluding hydrogens is 209 g/mol. The average Bonchev–Trinajstić information content (AvgIpc) is 2.55. The molecular formula is C9H7Cl2NO. The molecule has 0 aliphatic heterocycles. The van der Waals surface area contributed by atoms with Crippen molar-refractivity contribution in [2.45, 2.75) is 6.61 Å². The maximum absolute atomic E-state index is 8.89. The van der Waals surface area contributed by atoms with E-state index in [1.165, 1.54) is 0 Å². The van der Waals surface area contributed by atoms with E-state index >= 15 is 0 Å². The van der Waals surface area contributed by atoms with Gasteiger partial charge in [-0.15, -0.1) is 0 Å². The number of aliphatic hydroxyl groups excluding tert-OH is 1. The van der Waals surface area contributed by atoms with Gasteiger partial charge in [-0.3, -0.25) is 0 Å². The summed E-state index contributed by atoms with van der Waals surface area (Å²) in [4.78, 5) is 2.99. The van der Waals surface area contributed by atoms with Crippen molar-refractivity contribution in [2.24, 2.45) is 0 Å². The van der Waals surface area contributed by atoms with Crippen molar-refractivity contribution in [3.8, 4) is 0 Å². The van der Waals surface area contributed by atoms with Crippen LogP contribution in [-0.4, -0.2) is 10.1 Å². The van der Waals surface area contributed by atoms with Crippen molar-refractivity contribution < 1.29 is 5.11 Å². The third-order valence-corrected chi connectivity index (χ3v) is 2.72. The van der Waals surface area contributed by atoms with Gasteiger partial charge in [0.05, 0.1) is 22.2 Å². The Hall–Kier alpha value is -0.700. The van der Waals surface area contributed by atoms with E-state index in [-0.39, 0.29) is 6.61 Å². The molecule has 2 N–H and O–H groups in total. The molecule has 4 heteroatoms. The fourth-order valence-electron chi connectivity index (χ4n) is 1.28. The first kappa shape index (κ1) is 8.88. The van der Waals surface area contributed by atoms with Crippen LogP contribution in [0.25, 0.3) is 10.9 Å². The first-order valence-corrected chi connectivity index (χ1v) is 4.54. The molecule has 0 radical (unpaired) electrons. The van der Waals surface area contributed by atoms with Gasteiger partial charge in [0.25, 0.3) is 0 Å². The van der Waals surface area contributed by atoms with Crippen LogP contribution in [0.1, 0.15) is 5.69 Å². The monoisotopic (exact) mass is 215 g/mol. The molecule has 2 rings (SSSR count). The van der Waals surface area contributed by atoms with Crippen molar-refractivity contribution in [3.63, 3.8) is 0 Å². The lowest BCUT2D eigenvalue weighted by Gasteiger charge is -1.95. The number of benzene rings is 1. The number of rotatable bonds is 1. The zero-order chi connectivity index (χ0) is 9.42. The van der Waals surface area contributed by atoms with Crippen molar-refractivity contribution in [1.29, 1.82) is 0 Å². The first-order chi connectivity index (χ1) is 6.22. The summed E-state index contributed by atoms with van der Waals surface area (Å²) in [5.74, 6) is 0. The lowest BCUT2D eigenvalue weighted by Crippen LogP contribution is -1.79. The fourth-order valence-corrected chi connectivity index (χ4v) is 1.66. The molecule has 0 unspecified atom stereocenters. The molecule has 1 aromatic carbocycles. The highest BCUT2D eigenvalue weighted by Crippen LogP contribution is 2.30. The van der Waals surface area contributed by atoms with Crippen LogP contribution in [-0.2, 0) is 6.61 Å². The molecule has 0 aliphatic carbocycles. The summed E-state index contributed by atoms with van der Waals surface area (Å²) < 4.78 is 0. The molecule has 0 spiro atoms. The Morgan fingerprint density at radius 1 is 1.31 bits per heavy atom. The van der Waals surface area contributed by atoms with E-state index in [0.29, 0.717) is 10.0 Å². The van der Waals surface area contributed by atoms with Crippen LogP contribution in [0.2, 0.25) is 10.0 Å². The summed E-state index contributed by atoms with van der Waals surface area (Å²) in [6.45, 7) is -0.0252. The molecule has 0 aliphatic rings. The van der Waals surface area contributed by atoms with Crippen LogP contribution in [0.4, 0.5) is 0 Å². The Morgan fingerprint density at radius 3 is 2.77 bits per heavy atom. The van der Waals surface area contributed by atoms with Crippen molar-refractivity contribution >= 4 is 34.1 Å². The van der Waals surface area contributed by atoms with Crippen molar-refractivity contribution in [3.05, 3.63) is 33.9 Å². The quantitative estimate of drug-likeness (QED) is 0.755. The number of aromatic nitrogens is 1. The Bertz CT molecular complexity index is 450. The van der Waals surface area contributed by atoms with E-state index in [1.807, 2.05) is 12.1 Å². The fraction of sp³-hybridized carbons (Fsp3) is 0.111. The second-order valence-electron chi connectivity index (χ2n) is 2.78. The van der Waals surface area contributed by atoms with Crippen LogP contribution < -0.4 is 0 Å². The molecule has 0 amide bonds. The minimum Gasteiger partial charge on any atom is -0.390 e. The van der Waals surface area contributed by atoms with E-state index in [2.05, 4.69) is 4.98 Å². The van der Waals surface area contributed by atoms with Crippen LogP contribution in [0.5, 0.6) is 0 Å². The van der Waals surface area contributed by atoms with E-state index in [1.54, 1.807) is 6.07 Å². The highest BCUT2D eigenvalue weighted by molar-refractivity contribution is 6.45. The second-order valence-corrected chi connectivity index (χ2v) is 3.56. The lowest BCUT2D eigenvalue weighted by molar-refractivity contribution is 0.278. The standard InChI is InChI=1S/C9H7Cl2NO/c10-7-2-1-5-3-6(4-13)12-9(5)8(7)11/h1-3,12-13H,4H2. The summed E-state index contributed by atoms with van der Waals surface area (Å²) in [6.07, 6.45) is 0. The number of nitrogens with one attached hydrogen (secondary N) is 1. The molecule has 1 heterocycles. The zero-order valence-electron chi connectivity index (χ0n) is 6.64. The minimum atomic E-state index is -0.0252. The molecule has 0 atom stereocenters. The maximum atomic E-state index is 8.89. The molecule has 1 aromatic heterocycles. The average molecular weight is 216 g/mol. The minimum absolute atomic E-state index is 0.0252. The Labute approximate surface area is 85.1 Å². The molecule has 0 fully saturated rings. The summed E-state index contributed by atoms with van der Waals surface area (Å²) >= 11 is 11.8. The van der Waals surface area contributed by atoms with E-state index in [4.69, 9.17) is 28.3 Å². The number of H-pyrrole nitrogens is 1. The Balaban J connectivity index is 2.76. The summed E-state index contributed by atoms with van der Waals surface area (Å²) in [6, 6.07) is 5.44. The molecule has 13 heavy (non-hydrogen) atoms. The van der Waals surface area contributed by atoms with Gasteiger partial charge in [-0.1, -0.05) is 29.3 Å². The molecule has 2 nitrogen and oxygen atoms in total. The highest BCUT2D eigenvalue weighted by atomic mass is 35.5. The predicted molar refractivity (Wildman–Crippen MR) is 54.2 cm³/mol. The Morgan fingerprint density at radius 2 is 2.08 bits per heavy atom. The molecule has 2 aromatic rings. The largest absolute Gasteiger partial charge is 0.390 e. The predicted octanol–water partition coefficient (Wildman–Crippen LogP) is 2.97. The van der Waals surface area contributed by atoms with Crippen LogP contribution in [0, 0.1) is 0 Å². The number of fused-ring (bicyclic) bond motifs is 1. The smallest absolute Gasteiger partial charge is 0.0833 e. The van der Waals surface area contributed by atoms with E-state index in [0.717, 1.165) is 16.6 Å². The SMILES string of the molecule is OCc1cc2ccc(Cl)c(Cl)c2[nH]1. The maximum Gasteiger partial charge on any atom is 0.0833 e. The molecule has 68 valence electrons. The van der Waals surface area contributed by atoms with Crippen LogP contribution >= 0.6 is 23.2 Å². The third kappa shape index (κ3) is 1.41. The van der Waals surface area contributed by atoms with Gasteiger partial charge in [-0.05, 0) is 12.1 Å². The summed E-state index contributed by atoms with van der Waals surface area (Å²) in [7, 11) is 0. The van der Waals surface area contributed by atoms with Gasteiger partial charge in [0, 0.05) is 11.1 Å². The van der Waals surface area contributed by atoms with Gasteiger partial charge >= 0.3 is 0 Å². The van der Waals surface area contributed by atoms with Gasteiger partial charge in [0.2, 0.25) is 0 Å². The molecule has 0 saturated carbocycles. The van der Waals surface area contributed by atoms with Crippen LogP contribution in [0.3, 0.4) is 0 Å². The number of hydrogen-bond acceptors (Lipinski definition) is 1. The second kappa shape index (κ2) is 3.22. The van der Waals surface area contributed by atoms with Gasteiger partial charge in [-0.2, -0.15) is 0 Å². The molecule has 0 bridgehead atoms. The number of aromatic amines is 1. The number of aliphatic hydroxyl groups is 1. The van der Waals surface area contributed by atoms with Gasteiger partial charge in [0.1, 0.15) is 0 Å². The number of halogens is 2. The van der Waals surface area contributed by atoms with Crippen molar-refractivity contribution in [1.82, 2.24) is 4.98 Å². The highest BCUT2D eigenvalue weighted by Gasteiger charge is 2.06. The number of hydrogen-bond donors (Lipinski definition) is 2. The normalized spacial score (nSPS) is 11.0. The zero-order valence-corrected chi connectivity index (χ0v) is 8.15.